The van der Waals surface area contributed by atoms with Crippen LogP contribution in [0.1, 0.15) is 18.9 Å². The van der Waals surface area contributed by atoms with E-state index in [1.165, 1.54) is 0 Å². The van der Waals surface area contributed by atoms with Crippen molar-refractivity contribution in [1.82, 2.24) is 4.90 Å². The summed E-state index contributed by atoms with van der Waals surface area (Å²) in [6.07, 6.45) is 0.941. The summed E-state index contributed by atoms with van der Waals surface area (Å²) in [4.78, 5) is 13.9. The van der Waals surface area contributed by atoms with E-state index in [0.29, 0.717) is 19.8 Å². The first-order chi connectivity index (χ1) is 9.27. The molecule has 19 heavy (non-hydrogen) atoms. The van der Waals surface area contributed by atoms with Gasteiger partial charge in [-0.1, -0.05) is 37.3 Å². The summed E-state index contributed by atoms with van der Waals surface area (Å²) in [6, 6.07) is 10.0. The van der Waals surface area contributed by atoms with Crippen LogP contribution in [0.25, 0.3) is 0 Å². The van der Waals surface area contributed by atoms with Crippen LogP contribution in [-0.2, 0) is 20.8 Å². The number of ether oxygens (including phenoxy) is 2. The van der Waals surface area contributed by atoms with Crippen LogP contribution in [-0.4, -0.2) is 44.3 Å². The van der Waals surface area contributed by atoms with Crippen LogP contribution in [0.15, 0.2) is 30.3 Å². The Hall–Kier alpha value is -1.39. The highest BCUT2D eigenvalue weighted by molar-refractivity contribution is 5.77. The van der Waals surface area contributed by atoms with Crippen molar-refractivity contribution in [3.8, 4) is 0 Å². The molecule has 0 unspecified atom stereocenters. The van der Waals surface area contributed by atoms with Gasteiger partial charge in [-0.25, -0.2) is 0 Å². The van der Waals surface area contributed by atoms with Crippen molar-refractivity contribution in [3.05, 3.63) is 35.9 Å². The summed E-state index contributed by atoms with van der Waals surface area (Å²) in [6.45, 7) is 4.54. The predicted octanol–water partition coefficient (Wildman–Crippen LogP) is 2.09. The Morgan fingerprint density at radius 3 is 2.58 bits per heavy atom. The van der Waals surface area contributed by atoms with E-state index in [1.807, 2.05) is 35.2 Å². The maximum Gasteiger partial charge on any atom is 0.248 e. The van der Waals surface area contributed by atoms with Gasteiger partial charge in [0, 0.05) is 20.2 Å². The van der Waals surface area contributed by atoms with E-state index >= 15 is 0 Å². The molecule has 0 heterocycles. The highest BCUT2D eigenvalue weighted by Gasteiger charge is 2.12. The quantitative estimate of drug-likeness (QED) is 0.642. The molecule has 1 aromatic carbocycles. The fourth-order valence-electron chi connectivity index (χ4n) is 1.76. The number of carbonyl (C=O) groups is 1. The van der Waals surface area contributed by atoms with Gasteiger partial charge in [0.2, 0.25) is 5.91 Å². The van der Waals surface area contributed by atoms with Crippen molar-refractivity contribution in [3.63, 3.8) is 0 Å². The van der Waals surface area contributed by atoms with Gasteiger partial charge < -0.3 is 14.4 Å². The first kappa shape index (κ1) is 15.7. The first-order valence-electron chi connectivity index (χ1n) is 6.66. The Morgan fingerprint density at radius 2 is 1.95 bits per heavy atom. The Morgan fingerprint density at radius 1 is 1.21 bits per heavy atom. The molecule has 106 valence electrons. The Bertz CT molecular complexity index is 354. The molecule has 0 spiro atoms. The SMILES string of the molecule is CCCN(Cc1ccccc1)C(=O)COCCOC. The van der Waals surface area contributed by atoms with Crippen molar-refractivity contribution in [2.45, 2.75) is 19.9 Å². The van der Waals surface area contributed by atoms with E-state index < -0.39 is 0 Å². The van der Waals surface area contributed by atoms with Crippen LogP contribution in [0.4, 0.5) is 0 Å². The molecule has 0 saturated heterocycles. The molecule has 4 nitrogen and oxygen atoms in total. The van der Waals surface area contributed by atoms with Gasteiger partial charge in [-0.3, -0.25) is 4.79 Å². The summed E-state index contributed by atoms with van der Waals surface area (Å²) in [5.41, 5.74) is 1.14. The maximum absolute atomic E-state index is 12.1. The number of rotatable bonds is 9. The van der Waals surface area contributed by atoms with Gasteiger partial charge in [0.05, 0.1) is 13.2 Å². The highest BCUT2D eigenvalue weighted by Crippen LogP contribution is 2.05. The average Bonchev–Trinajstić information content (AvgIpc) is 2.44. The molecule has 0 aliphatic heterocycles. The van der Waals surface area contributed by atoms with Gasteiger partial charge in [-0.15, -0.1) is 0 Å². The van der Waals surface area contributed by atoms with Gasteiger partial charge in [0.25, 0.3) is 0 Å². The third kappa shape index (κ3) is 6.36. The fraction of sp³-hybridized carbons (Fsp3) is 0.533. The lowest BCUT2D eigenvalue weighted by Crippen LogP contribution is -2.34. The molecule has 0 aliphatic carbocycles. The number of nitrogens with zero attached hydrogens (tertiary/aromatic N) is 1. The molecule has 1 aromatic rings. The second-order valence-electron chi connectivity index (χ2n) is 4.35. The minimum absolute atomic E-state index is 0.0295. The number of amides is 1. The number of carbonyl (C=O) groups excluding carboxylic acids is 1. The van der Waals surface area contributed by atoms with E-state index in [0.717, 1.165) is 18.5 Å². The Balaban J connectivity index is 2.44. The summed E-state index contributed by atoms with van der Waals surface area (Å²) in [5, 5.41) is 0. The third-order valence-electron chi connectivity index (χ3n) is 2.72. The molecule has 1 amide bonds. The van der Waals surface area contributed by atoms with Crippen molar-refractivity contribution in [1.29, 1.82) is 0 Å². The molecule has 0 N–H and O–H groups in total. The lowest BCUT2D eigenvalue weighted by atomic mass is 10.2. The summed E-state index contributed by atoms with van der Waals surface area (Å²) >= 11 is 0. The van der Waals surface area contributed by atoms with Crippen LogP contribution >= 0.6 is 0 Å². The highest BCUT2D eigenvalue weighted by atomic mass is 16.5. The van der Waals surface area contributed by atoms with Crippen molar-refractivity contribution in [2.24, 2.45) is 0 Å². The molecule has 0 fully saturated rings. The number of hydrogen-bond donors (Lipinski definition) is 0. The van der Waals surface area contributed by atoms with E-state index in [2.05, 4.69) is 6.92 Å². The molecule has 0 radical (unpaired) electrons. The lowest BCUT2D eigenvalue weighted by Gasteiger charge is -2.22. The van der Waals surface area contributed by atoms with Crippen LogP contribution in [0.5, 0.6) is 0 Å². The second-order valence-corrected chi connectivity index (χ2v) is 4.35. The third-order valence-corrected chi connectivity index (χ3v) is 2.72. The van der Waals surface area contributed by atoms with Crippen LogP contribution in [0.2, 0.25) is 0 Å². The van der Waals surface area contributed by atoms with Gasteiger partial charge >= 0.3 is 0 Å². The monoisotopic (exact) mass is 265 g/mol. The molecule has 0 aromatic heterocycles. The van der Waals surface area contributed by atoms with E-state index in [1.54, 1.807) is 7.11 Å². The molecule has 0 aliphatic rings. The van der Waals surface area contributed by atoms with Crippen molar-refractivity contribution in [2.75, 3.05) is 33.5 Å². The van der Waals surface area contributed by atoms with Gasteiger partial charge in [-0.05, 0) is 12.0 Å². The molecule has 0 bridgehead atoms. The van der Waals surface area contributed by atoms with Gasteiger partial charge in [0.1, 0.15) is 6.61 Å². The largest absolute Gasteiger partial charge is 0.382 e. The van der Waals surface area contributed by atoms with Crippen LogP contribution in [0.3, 0.4) is 0 Å². The number of benzene rings is 1. The number of hydrogen-bond acceptors (Lipinski definition) is 3. The minimum Gasteiger partial charge on any atom is -0.382 e. The standard InChI is InChI=1S/C15H23NO3/c1-3-9-16(12-14-7-5-4-6-8-14)15(17)13-19-11-10-18-2/h4-8H,3,9-13H2,1-2H3. The predicted molar refractivity (Wildman–Crippen MR) is 74.8 cm³/mol. The van der Waals surface area contributed by atoms with Crippen LogP contribution < -0.4 is 0 Å². The second kappa shape index (κ2) is 9.53. The molecular weight excluding hydrogens is 242 g/mol. The Labute approximate surface area is 115 Å². The molecule has 1 rings (SSSR count). The molecular formula is C15H23NO3. The minimum atomic E-state index is 0.0295. The van der Waals surface area contributed by atoms with Crippen molar-refractivity contribution >= 4 is 5.91 Å². The summed E-state index contributed by atoms with van der Waals surface area (Å²) in [7, 11) is 1.62. The first-order valence-corrected chi connectivity index (χ1v) is 6.66. The fourth-order valence-corrected chi connectivity index (χ4v) is 1.76. The zero-order valence-corrected chi connectivity index (χ0v) is 11.8. The van der Waals surface area contributed by atoms with Gasteiger partial charge in [-0.2, -0.15) is 0 Å². The normalized spacial score (nSPS) is 10.4. The van der Waals surface area contributed by atoms with Crippen molar-refractivity contribution < 1.29 is 14.3 Å². The Kier molecular flexibility index (Phi) is 7.86. The average molecular weight is 265 g/mol. The van der Waals surface area contributed by atoms with E-state index in [4.69, 9.17) is 9.47 Å². The van der Waals surface area contributed by atoms with Crippen LogP contribution in [0, 0.1) is 0 Å². The van der Waals surface area contributed by atoms with Gasteiger partial charge in [0.15, 0.2) is 0 Å². The smallest absolute Gasteiger partial charge is 0.248 e. The zero-order chi connectivity index (χ0) is 13.9. The number of methoxy groups -OCH3 is 1. The zero-order valence-electron chi connectivity index (χ0n) is 11.8. The summed E-state index contributed by atoms with van der Waals surface area (Å²) < 4.78 is 10.2. The topological polar surface area (TPSA) is 38.8 Å². The molecule has 0 atom stereocenters. The molecule has 0 saturated carbocycles. The molecule has 4 heteroatoms. The lowest BCUT2D eigenvalue weighted by molar-refractivity contribution is -0.137. The summed E-state index contributed by atoms with van der Waals surface area (Å²) in [5.74, 6) is 0.0295. The van der Waals surface area contributed by atoms with E-state index in [-0.39, 0.29) is 12.5 Å². The maximum atomic E-state index is 12.1. The van der Waals surface area contributed by atoms with E-state index in [9.17, 15) is 4.79 Å².